The lowest BCUT2D eigenvalue weighted by atomic mass is 10.2. The third-order valence-corrected chi connectivity index (χ3v) is 3.87. The normalized spacial score (nSPS) is 13.1. The van der Waals surface area contributed by atoms with Crippen LogP contribution >= 0.6 is 11.1 Å². The smallest absolute Gasteiger partial charge is 0.330 e. The van der Waals surface area contributed by atoms with E-state index >= 15 is 0 Å². The minimum Gasteiger partial charge on any atom is -0.478 e. The fraction of sp³-hybridized carbons (Fsp3) is 0.667. The van der Waals surface area contributed by atoms with Gasteiger partial charge in [0.1, 0.15) is 0 Å². The monoisotopic (exact) mass is 220 g/mol. The summed E-state index contributed by atoms with van der Waals surface area (Å²) in [6.45, 7) is 5.82. The first kappa shape index (κ1) is 12.7. The van der Waals surface area contributed by atoms with Crippen LogP contribution in [0.25, 0.3) is 0 Å². The molecule has 13 heavy (non-hydrogen) atoms. The molecule has 0 bridgehead atoms. The van der Waals surface area contributed by atoms with E-state index in [0.29, 0.717) is 5.57 Å². The minimum absolute atomic E-state index is 0.425. The number of carboxylic acid groups (broad SMARTS) is 1. The molecule has 0 amide bonds. The summed E-state index contributed by atoms with van der Waals surface area (Å²) in [4.78, 5) is 10.4. The van der Waals surface area contributed by atoms with Crippen LogP contribution in [0.3, 0.4) is 0 Å². The topological polar surface area (TPSA) is 37.3 Å². The summed E-state index contributed by atoms with van der Waals surface area (Å²) in [5, 5.41) is 8.56. The first-order chi connectivity index (χ1) is 5.83. The highest BCUT2D eigenvalue weighted by molar-refractivity contribution is 7.19. The SMILES string of the molecule is CC(=CCCC[Si](C)(C)Cl)C(=O)O. The molecule has 0 saturated carbocycles. The van der Waals surface area contributed by atoms with E-state index in [1.807, 2.05) is 0 Å². The molecule has 0 rings (SSSR count). The standard InChI is InChI=1S/C9H17ClO2Si/c1-8(9(11)12)6-4-5-7-13(2,3)10/h6H,4-5,7H2,1-3H3,(H,11,12). The second-order valence-corrected chi connectivity index (χ2v) is 10.8. The lowest BCUT2D eigenvalue weighted by Crippen LogP contribution is -2.14. The molecule has 76 valence electrons. The minimum atomic E-state index is -1.46. The molecule has 0 radical (unpaired) electrons. The molecule has 0 aliphatic heterocycles. The van der Waals surface area contributed by atoms with Gasteiger partial charge in [-0.2, -0.15) is 11.1 Å². The fourth-order valence-corrected chi connectivity index (χ4v) is 2.37. The number of allylic oxidation sites excluding steroid dienone is 1. The predicted octanol–water partition coefficient (Wildman–Crippen LogP) is 3.24. The maximum absolute atomic E-state index is 10.4. The predicted molar refractivity (Wildman–Crippen MR) is 58.8 cm³/mol. The number of carboxylic acids is 1. The van der Waals surface area contributed by atoms with E-state index in [2.05, 4.69) is 13.1 Å². The molecule has 0 aromatic rings. The van der Waals surface area contributed by atoms with Crippen LogP contribution in [0.15, 0.2) is 11.6 Å². The van der Waals surface area contributed by atoms with Gasteiger partial charge in [-0.3, -0.25) is 0 Å². The highest BCUT2D eigenvalue weighted by atomic mass is 35.6. The molecule has 4 heteroatoms. The summed E-state index contributed by atoms with van der Waals surface area (Å²) in [6, 6.07) is 1.04. The van der Waals surface area contributed by atoms with Crippen molar-refractivity contribution in [3.8, 4) is 0 Å². The molecule has 1 N–H and O–H groups in total. The Hall–Kier alpha value is -0.283. The van der Waals surface area contributed by atoms with Crippen molar-refractivity contribution in [2.45, 2.75) is 38.9 Å². The molecule has 0 aliphatic carbocycles. The Morgan fingerprint density at radius 2 is 2.08 bits per heavy atom. The van der Waals surface area contributed by atoms with Crippen LogP contribution in [0.4, 0.5) is 0 Å². The van der Waals surface area contributed by atoms with Crippen molar-refractivity contribution in [2.75, 3.05) is 0 Å². The lowest BCUT2D eigenvalue weighted by molar-refractivity contribution is -0.132. The zero-order valence-electron chi connectivity index (χ0n) is 8.43. The Labute approximate surface area is 85.3 Å². The third-order valence-electron chi connectivity index (χ3n) is 1.76. The van der Waals surface area contributed by atoms with E-state index in [0.717, 1.165) is 18.9 Å². The number of hydrogen-bond donors (Lipinski definition) is 1. The Balaban J connectivity index is 3.68. The first-order valence-corrected chi connectivity index (χ1v) is 8.64. The summed E-state index contributed by atoms with van der Waals surface area (Å²) in [7, 11) is -1.46. The number of unbranched alkanes of at least 4 members (excludes halogenated alkanes) is 1. The summed E-state index contributed by atoms with van der Waals surface area (Å²) in [5.74, 6) is -0.831. The maximum atomic E-state index is 10.4. The van der Waals surface area contributed by atoms with Gasteiger partial charge < -0.3 is 5.11 Å². The van der Waals surface area contributed by atoms with Gasteiger partial charge in [0.15, 0.2) is 7.38 Å². The Morgan fingerprint density at radius 3 is 2.46 bits per heavy atom. The van der Waals surface area contributed by atoms with Crippen LogP contribution < -0.4 is 0 Å². The number of carbonyl (C=O) groups is 1. The van der Waals surface area contributed by atoms with E-state index in [4.69, 9.17) is 16.2 Å². The molecule has 2 nitrogen and oxygen atoms in total. The lowest BCUT2D eigenvalue weighted by Gasteiger charge is -2.10. The summed E-state index contributed by atoms with van der Waals surface area (Å²) in [5.41, 5.74) is 0.425. The molecule has 0 aromatic carbocycles. The quantitative estimate of drug-likeness (QED) is 0.334. The van der Waals surface area contributed by atoms with E-state index in [9.17, 15) is 4.79 Å². The molecule has 0 saturated heterocycles. The Bertz CT molecular complexity index is 206. The highest BCUT2D eigenvalue weighted by Crippen LogP contribution is 2.17. The third kappa shape index (κ3) is 8.06. The molecule has 0 spiro atoms. The van der Waals surface area contributed by atoms with Crippen LogP contribution in [-0.2, 0) is 4.79 Å². The van der Waals surface area contributed by atoms with Crippen molar-refractivity contribution >= 4 is 24.4 Å². The van der Waals surface area contributed by atoms with Crippen LogP contribution in [0.5, 0.6) is 0 Å². The molecular formula is C9H17ClO2Si. The van der Waals surface area contributed by atoms with Gasteiger partial charge in [0.05, 0.1) is 0 Å². The first-order valence-electron chi connectivity index (χ1n) is 4.42. The number of aliphatic carboxylic acids is 1. The molecule has 0 unspecified atom stereocenters. The Kier molecular flexibility index (Phi) is 5.33. The van der Waals surface area contributed by atoms with Crippen molar-refractivity contribution in [1.29, 1.82) is 0 Å². The second kappa shape index (κ2) is 5.45. The van der Waals surface area contributed by atoms with Gasteiger partial charge in [0, 0.05) is 5.57 Å². The van der Waals surface area contributed by atoms with Crippen molar-refractivity contribution in [2.24, 2.45) is 0 Å². The molecule has 0 aromatic heterocycles. The zero-order valence-corrected chi connectivity index (χ0v) is 10.2. The number of hydrogen-bond acceptors (Lipinski definition) is 1. The van der Waals surface area contributed by atoms with Gasteiger partial charge in [-0.25, -0.2) is 4.79 Å². The van der Waals surface area contributed by atoms with Gasteiger partial charge in [-0.05, 0) is 19.4 Å². The van der Waals surface area contributed by atoms with E-state index < -0.39 is 13.4 Å². The molecule has 0 atom stereocenters. The largest absolute Gasteiger partial charge is 0.478 e. The summed E-state index contributed by atoms with van der Waals surface area (Å²) in [6.07, 6.45) is 3.58. The van der Waals surface area contributed by atoms with Crippen molar-refractivity contribution < 1.29 is 9.90 Å². The fourth-order valence-electron chi connectivity index (χ4n) is 0.928. The zero-order chi connectivity index (χ0) is 10.5. The Morgan fingerprint density at radius 1 is 1.54 bits per heavy atom. The van der Waals surface area contributed by atoms with Gasteiger partial charge in [-0.15, -0.1) is 0 Å². The van der Waals surface area contributed by atoms with Crippen LogP contribution in [0.2, 0.25) is 19.1 Å². The van der Waals surface area contributed by atoms with Crippen molar-refractivity contribution in [1.82, 2.24) is 0 Å². The van der Waals surface area contributed by atoms with Gasteiger partial charge in [0.2, 0.25) is 0 Å². The van der Waals surface area contributed by atoms with Crippen molar-refractivity contribution in [3.63, 3.8) is 0 Å². The van der Waals surface area contributed by atoms with E-state index in [1.54, 1.807) is 13.0 Å². The van der Waals surface area contributed by atoms with Gasteiger partial charge in [0.25, 0.3) is 0 Å². The van der Waals surface area contributed by atoms with Crippen LogP contribution in [0.1, 0.15) is 19.8 Å². The maximum Gasteiger partial charge on any atom is 0.330 e. The average Bonchev–Trinajstić information content (AvgIpc) is 1.95. The van der Waals surface area contributed by atoms with Crippen LogP contribution in [-0.4, -0.2) is 18.5 Å². The number of rotatable bonds is 5. The molecular weight excluding hydrogens is 204 g/mol. The highest BCUT2D eigenvalue weighted by Gasteiger charge is 2.15. The number of halogens is 1. The second-order valence-electron chi connectivity index (χ2n) is 3.80. The molecule has 0 heterocycles. The van der Waals surface area contributed by atoms with E-state index in [1.165, 1.54) is 0 Å². The molecule has 0 fully saturated rings. The molecule has 0 aliphatic rings. The van der Waals surface area contributed by atoms with Crippen LogP contribution in [0, 0.1) is 0 Å². The average molecular weight is 221 g/mol. The summed E-state index contributed by atoms with van der Waals surface area (Å²) >= 11 is 6.11. The summed E-state index contributed by atoms with van der Waals surface area (Å²) < 4.78 is 0. The van der Waals surface area contributed by atoms with Gasteiger partial charge in [-0.1, -0.05) is 25.6 Å². The van der Waals surface area contributed by atoms with E-state index in [-0.39, 0.29) is 0 Å². The van der Waals surface area contributed by atoms with Crippen molar-refractivity contribution in [3.05, 3.63) is 11.6 Å². The van der Waals surface area contributed by atoms with Gasteiger partial charge >= 0.3 is 5.97 Å².